The molecule has 0 atom stereocenters. The predicted octanol–water partition coefficient (Wildman–Crippen LogP) is -4.95. The number of rotatable bonds is 0. The first-order valence-electron chi connectivity index (χ1n) is 0. The summed E-state index contributed by atoms with van der Waals surface area (Å²) in [7, 11) is 0. The molecule has 7 heavy (non-hydrogen) atoms. The average molecular weight is 239 g/mol. The largest absolute Gasteiger partial charge is 0.412 e. The van der Waals surface area contributed by atoms with Gasteiger partial charge in [-0.3, -0.25) is 0 Å². The molecular formula is H12O6Xe. The van der Waals surface area contributed by atoms with Gasteiger partial charge in [0.25, 0.3) is 0 Å². The molecule has 0 unspecified atom stereocenters. The summed E-state index contributed by atoms with van der Waals surface area (Å²) in [4.78, 5) is 0. The van der Waals surface area contributed by atoms with E-state index in [-0.39, 0.29) is 81.7 Å². The summed E-state index contributed by atoms with van der Waals surface area (Å²) in [6, 6.07) is 0. The Morgan fingerprint density at radius 3 is 0.286 bits per heavy atom. The van der Waals surface area contributed by atoms with E-state index in [4.69, 9.17) is 0 Å². The summed E-state index contributed by atoms with van der Waals surface area (Å²) < 4.78 is 0. The van der Waals surface area contributed by atoms with Gasteiger partial charge in [-0.2, -0.15) is 0 Å². The standard InChI is InChI=1S/6H2O.Xe/h6*1H2;. The number of hydrogen-bond acceptors (Lipinski definition) is 0. The maximum absolute atomic E-state index is 0. The van der Waals surface area contributed by atoms with Crippen LogP contribution in [0.3, 0.4) is 0 Å². The van der Waals surface area contributed by atoms with Gasteiger partial charge in [-0.25, -0.2) is 0 Å². The first-order chi connectivity index (χ1) is 0. The van der Waals surface area contributed by atoms with Crippen molar-refractivity contribution >= 4 is 0 Å². The molecule has 0 bridgehead atoms. The fourth-order valence-electron chi connectivity index (χ4n) is 0. The van der Waals surface area contributed by atoms with Crippen molar-refractivity contribution in [3.05, 3.63) is 0 Å². The summed E-state index contributed by atoms with van der Waals surface area (Å²) in [6.07, 6.45) is 0. The zero-order chi connectivity index (χ0) is 0. The Labute approximate surface area is 80.8 Å². The van der Waals surface area contributed by atoms with Crippen LogP contribution in [0.1, 0.15) is 0 Å². The normalized spacial score (nSPS) is 0. The van der Waals surface area contributed by atoms with Gasteiger partial charge < -0.3 is 32.9 Å². The van der Waals surface area contributed by atoms with Crippen LogP contribution in [0, 0.1) is 48.9 Å². The molecule has 0 saturated heterocycles. The SMILES string of the molecule is O.O.O.O.O.O.[Xe]. The van der Waals surface area contributed by atoms with E-state index in [0.717, 1.165) is 0 Å². The van der Waals surface area contributed by atoms with E-state index in [0.29, 0.717) is 0 Å². The van der Waals surface area contributed by atoms with Crippen LogP contribution in [0.2, 0.25) is 0 Å². The molecule has 7 heteroatoms. The van der Waals surface area contributed by atoms with Crippen LogP contribution in [0.5, 0.6) is 0 Å². The quantitative estimate of drug-likeness (QED) is 0.391. The topological polar surface area (TPSA) is 189 Å². The molecule has 0 aliphatic carbocycles. The van der Waals surface area contributed by atoms with Crippen LogP contribution in [-0.4, -0.2) is 32.9 Å². The smallest absolute Gasteiger partial charge is 0 e. The third-order valence-electron chi connectivity index (χ3n) is 0. The van der Waals surface area contributed by atoms with Crippen molar-refractivity contribution in [1.29, 1.82) is 0 Å². The first-order valence-corrected chi connectivity index (χ1v) is 0. The van der Waals surface area contributed by atoms with Crippen LogP contribution in [0.25, 0.3) is 0 Å². The van der Waals surface area contributed by atoms with Crippen molar-refractivity contribution in [2.45, 2.75) is 0 Å². The zero-order valence-electron chi connectivity index (χ0n) is 3.35. The molecule has 0 aliphatic heterocycles. The fraction of sp³-hybridized carbons (Fsp3) is 0. The van der Waals surface area contributed by atoms with Gasteiger partial charge in [-0.05, 0) is 0 Å². The first kappa shape index (κ1) is 253. The van der Waals surface area contributed by atoms with E-state index in [1.165, 1.54) is 0 Å². The average Bonchev–Trinajstić information content (AvgIpc) is 0. The molecule has 0 fully saturated rings. The monoisotopic (exact) mass is 240 g/mol. The van der Waals surface area contributed by atoms with Crippen LogP contribution in [0.15, 0.2) is 0 Å². The van der Waals surface area contributed by atoms with Crippen molar-refractivity contribution in [3.8, 4) is 0 Å². The van der Waals surface area contributed by atoms with Crippen molar-refractivity contribution in [2.24, 2.45) is 0 Å². The molecule has 6 nitrogen and oxygen atoms in total. The third-order valence-corrected chi connectivity index (χ3v) is 0. The molecule has 0 aromatic rings. The van der Waals surface area contributed by atoms with Gasteiger partial charge in [0.1, 0.15) is 0 Å². The zero-order valence-corrected chi connectivity index (χ0v) is 5.37. The minimum absolute atomic E-state index is 0. The van der Waals surface area contributed by atoms with E-state index < -0.39 is 0 Å². The van der Waals surface area contributed by atoms with Gasteiger partial charge in [0.15, 0.2) is 0 Å². The Balaban J connectivity index is 0. The van der Waals surface area contributed by atoms with E-state index >= 15 is 0 Å². The fourth-order valence-corrected chi connectivity index (χ4v) is 0. The van der Waals surface area contributed by atoms with Crippen molar-refractivity contribution in [3.63, 3.8) is 0 Å². The van der Waals surface area contributed by atoms with Gasteiger partial charge in [0.2, 0.25) is 0 Å². The summed E-state index contributed by atoms with van der Waals surface area (Å²) >= 11 is 0. The van der Waals surface area contributed by atoms with Gasteiger partial charge in [0, 0.05) is 48.9 Å². The second-order valence-corrected chi connectivity index (χ2v) is 0. The van der Waals surface area contributed by atoms with Crippen molar-refractivity contribution in [1.82, 2.24) is 0 Å². The van der Waals surface area contributed by atoms with Crippen molar-refractivity contribution < 1.29 is 81.7 Å². The van der Waals surface area contributed by atoms with E-state index in [9.17, 15) is 0 Å². The van der Waals surface area contributed by atoms with Gasteiger partial charge in [-0.1, -0.05) is 0 Å². The molecule has 0 radical (unpaired) electrons. The third kappa shape index (κ3) is 118. The molecule has 56 valence electrons. The van der Waals surface area contributed by atoms with Crippen LogP contribution >= 0.6 is 0 Å². The van der Waals surface area contributed by atoms with Crippen molar-refractivity contribution in [2.75, 3.05) is 0 Å². The Bertz CT molecular complexity index is 4.14. The summed E-state index contributed by atoms with van der Waals surface area (Å²) in [5, 5.41) is 0. The molecule has 0 spiro atoms. The summed E-state index contributed by atoms with van der Waals surface area (Å²) in [6.45, 7) is 0. The van der Waals surface area contributed by atoms with Crippen LogP contribution in [0.4, 0.5) is 0 Å². The second-order valence-electron chi connectivity index (χ2n) is 0. The van der Waals surface area contributed by atoms with E-state index in [1.54, 1.807) is 0 Å². The molecule has 12 N–H and O–H groups in total. The van der Waals surface area contributed by atoms with Gasteiger partial charge >= 0.3 is 0 Å². The number of hydrogen-bond donors (Lipinski definition) is 0. The van der Waals surface area contributed by atoms with E-state index in [2.05, 4.69) is 0 Å². The Morgan fingerprint density at radius 2 is 0.286 bits per heavy atom. The summed E-state index contributed by atoms with van der Waals surface area (Å²) in [5.74, 6) is 0. The predicted molar refractivity (Wildman–Crippen MR) is 21.7 cm³/mol. The molecule has 0 saturated carbocycles. The Hall–Kier alpha value is 1.33. The van der Waals surface area contributed by atoms with Gasteiger partial charge in [0.05, 0.1) is 0 Å². The summed E-state index contributed by atoms with van der Waals surface area (Å²) in [5.41, 5.74) is 0. The van der Waals surface area contributed by atoms with Crippen LogP contribution in [-0.2, 0) is 0 Å². The second kappa shape index (κ2) is 166. The maximum Gasteiger partial charge on any atom is 0 e. The Morgan fingerprint density at radius 1 is 0.286 bits per heavy atom. The molecular weight excluding hydrogens is 227 g/mol. The van der Waals surface area contributed by atoms with E-state index in [1.807, 2.05) is 0 Å². The molecule has 0 aliphatic rings. The Kier molecular flexibility index (Phi) is 5980. The molecule has 0 aromatic carbocycles. The molecule has 0 heterocycles. The minimum atomic E-state index is 0. The maximum atomic E-state index is 0. The molecule has 0 aromatic heterocycles. The minimum Gasteiger partial charge on any atom is -0.412 e. The van der Waals surface area contributed by atoms with Crippen LogP contribution < -0.4 is 0 Å². The van der Waals surface area contributed by atoms with Gasteiger partial charge in [-0.15, -0.1) is 0 Å². The molecule has 0 rings (SSSR count). The molecule has 0 amide bonds.